The Morgan fingerprint density at radius 2 is 2.14 bits per heavy atom. The molecule has 0 aromatic carbocycles. The highest BCUT2D eigenvalue weighted by molar-refractivity contribution is 9.10. The first-order valence-electron chi connectivity index (χ1n) is 4.36. The van der Waals surface area contributed by atoms with Crippen molar-refractivity contribution in [2.75, 3.05) is 0 Å². The molecule has 1 atom stereocenters. The van der Waals surface area contributed by atoms with Crippen molar-refractivity contribution in [3.8, 4) is 0 Å². The molecule has 0 fully saturated rings. The molecule has 0 radical (unpaired) electrons. The Morgan fingerprint density at radius 1 is 1.50 bits per heavy atom. The van der Waals surface area contributed by atoms with Gasteiger partial charge in [-0.05, 0) is 34.0 Å². The number of nitrogens with zero attached hydrogens (tertiary/aromatic N) is 1. The number of rotatable bonds is 3. The molecule has 1 unspecified atom stereocenters. The first-order chi connectivity index (χ1) is 6.52. The van der Waals surface area contributed by atoms with Crippen molar-refractivity contribution in [3.63, 3.8) is 0 Å². The molecule has 0 aliphatic carbocycles. The molecule has 0 spiro atoms. The number of carbonyl (C=O) groups is 1. The van der Waals surface area contributed by atoms with Crippen LogP contribution in [-0.4, -0.2) is 16.1 Å². The Balaban J connectivity index is 3.00. The number of carboxylic acids is 1. The van der Waals surface area contributed by atoms with Gasteiger partial charge in [0.2, 0.25) is 0 Å². The minimum absolute atomic E-state index is 0.0428. The molecular formula is C10H12BrNO2. The number of hydrogen-bond donors (Lipinski definition) is 1. The largest absolute Gasteiger partial charge is 0.481 e. The maximum atomic E-state index is 11.0. The van der Waals surface area contributed by atoms with Crippen LogP contribution >= 0.6 is 15.9 Å². The van der Waals surface area contributed by atoms with Crippen molar-refractivity contribution in [3.05, 3.63) is 28.5 Å². The molecule has 1 rings (SSSR count). The summed E-state index contributed by atoms with van der Waals surface area (Å²) in [5.74, 6) is -1.31. The minimum Gasteiger partial charge on any atom is -0.481 e. The summed E-state index contributed by atoms with van der Waals surface area (Å²) in [6, 6.07) is 3.55. The standard InChI is InChI=1S/C10H12BrNO2/c1-6(2)9(10(13)14)8-4-3-7(11)5-12-8/h3-6,9H,1-2H3,(H,13,14). The van der Waals surface area contributed by atoms with Crippen molar-refractivity contribution in [1.82, 2.24) is 4.98 Å². The fourth-order valence-electron chi connectivity index (χ4n) is 1.32. The van der Waals surface area contributed by atoms with Gasteiger partial charge in [-0.1, -0.05) is 13.8 Å². The minimum atomic E-state index is -0.824. The molecule has 3 nitrogen and oxygen atoms in total. The number of halogens is 1. The molecule has 1 aromatic rings. The third kappa shape index (κ3) is 2.54. The van der Waals surface area contributed by atoms with Crippen molar-refractivity contribution >= 4 is 21.9 Å². The lowest BCUT2D eigenvalue weighted by molar-refractivity contribution is -0.140. The Hall–Kier alpha value is -0.900. The van der Waals surface area contributed by atoms with Crippen LogP contribution < -0.4 is 0 Å². The Kier molecular flexibility index (Phi) is 3.63. The van der Waals surface area contributed by atoms with E-state index in [9.17, 15) is 4.79 Å². The van der Waals surface area contributed by atoms with E-state index < -0.39 is 11.9 Å². The van der Waals surface area contributed by atoms with Gasteiger partial charge in [-0.3, -0.25) is 9.78 Å². The number of hydrogen-bond acceptors (Lipinski definition) is 2. The van der Waals surface area contributed by atoms with Gasteiger partial charge < -0.3 is 5.11 Å². The molecule has 1 aromatic heterocycles. The van der Waals surface area contributed by atoms with Gasteiger partial charge in [0.15, 0.2) is 0 Å². The van der Waals surface area contributed by atoms with Crippen molar-refractivity contribution in [2.24, 2.45) is 5.92 Å². The summed E-state index contributed by atoms with van der Waals surface area (Å²) >= 11 is 3.26. The van der Waals surface area contributed by atoms with Crippen LogP contribution in [0.2, 0.25) is 0 Å². The van der Waals surface area contributed by atoms with Crippen molar-refractivity contribution < 1.29 is 9.90 Å². The van der Waals surface area contributed by atoms with Crippen LogP contribution in [0.15, 0.2) is 22.8 Å². The van der Waals surface area contributed by atoms with Gasteiger partial charge in [0.05, 0.1) is 5.69 Å². The lowest BCUT2D eigenvalue weighted by Crippen LogP contribution is -2.18. The lowest BCUT2D eigenvalue weighted by Gasteiger charge is -2.15. The number of aliphatic carboxylic acids is 1. The Morgan fingerprint density at radius 3 is 2.50 bits per heavy atom. The smallest absolute Gasteiger partial charge is 0.312 e. The summed E-state index contributed by atoms with van der Waals surface area (Å²) in [6.45, 7) is 3.75. The summed E-state index contributed by atoms with van der Waals surface area (Å²) in [4.78, 5) is 15.1. The maximum Gasteiger partial charge on any atom is 0.312 e. The average Bonchev–Trinajstić information content (AvgIpc) is 2.07. The van der Waals surface area contributed by atoms with E-state index in [1.807, 2.05) is 13.8 Å². The molecule has 0 aliphatic heterocycles. The third-order valence-corrected chi connectivity index (χ3v) is 2.47. The van der Waals surface area contributed by atoms with Crippen molar-refractivity contribution in [1.29, 1.82) is 0 Å². The SMILES string of the molecule is CC(C)C(C(=O)O)c1ccc(Br)cn1. The van der Waals surface area contributed by atoms with Crippen LogP contribution in [-0.2, 0) is 4.79 Å². The molecule has 0 bridgehead atoms. The maximum absolute atomic E-state index is 11.0. The van der Waals surface area contributed by atoms with Crippen LogP contribution in [0.4, 0.5) is 0 Å². The van der Waals surface area contributed by atoms with Gasteiger partial charge in [0.1, 0.15) is 5.92 Å². The van der Waals surface area contributed by atoms with E-state index in [1.54, 1.807) is 18.3 Å². The zero-order chi connectivity index (χ0) is 10.7. The Bertz CT molecular complexity index is 321. The zero-order valence-electron chi connectivity index (χ0n) is 8.07. The van der Waals surface area contributed by atoms with Gasteiger partial charge in [-0.25, -0.2) is 0 Å². The highest BCUT2D eigenvalue weighted by atomic mass is 79.9. The highest BCUT2D eigenvalue weighted by Crippen LogP contribution is 2.23. The van der Waals surface area contributed by atoms with E-state index in [0.717, 1.165) is 4.47 Å². The van der Waals surface area contributed by atoms with E-state index in [1.165, 1.54) is 0 Å². The topological polar surface area (TPSA) is 50.2 Å². The van der Waals surface area contributed by atoms with Gasteiger partial charge in [-0.15, -0.1) is 0 Å². The number of pyridine rings is 1. The van der Waals surface area contributed by atoms with Crippen LogP contribution in [0.3, 0.4) is 0 Å². The van der Waals surface area contributed by atoms with Crippen molar-refractivity contribution in [2.45, 2.75) is 19.8 Å². The summed E-state index contributed by atoms with van der Waals surface area (Å²) in [5, 5.41) is 9.01. The first-order valence-corrected chi connectivity index (χ1v) is 5.16. The van der Waals surface area contributed by atoms with Gasteiger partial charge >= 0.3 is 5.97 Å². The normalized spacial score (nSPS) is 12.9. The molecule has 1 N–H and O–H groups in total. The fourth-order valence-corrected chi connectivity index (χ4v) is 1.56. The van der Waals surface area contributed by atoms with Crippen LogP contribution in [0.5, 0.6) is 0 Å². The van der Waals surface area contributed by atoms with Crippen LogP contribution in [0, 0.1) is 5.92 Å². The van der Waals surface area contributed by atoms with Gasteiger partial charge in [0.25, 0.3) is 0 Å². The second-order valence-electron chi connectivity index (χ2n) is 3.46. The molecular weight excluding hydrogens is 246 g/mol. The Labute approximate surface area is 91.3 Å². The molecule has 76 valence electrons. The summed E-state index contributed by atoms with van der Waals surface area (Å²) in [7, 11) is 0. The summed E-state index contributed by atoms with van der Waals surface area (Å²) < 4.78 is 0.856. The highest BCUT2D eigenvalue weighted by Gasteiger charge is 2.24. The van der Waals surface area contributed by atoms with E-state index in [0.29, 0.717) is 5.69 Å². The predicted molar refractivity (Wildman–Crippen MR) is 57.2 cm³/mol. The first kappa shape index (κ1) is 11.2. The van der Waals surface area contributed by atoms with E-state index in [2.05, 4.69) is 20.9 Å². The predicted octanol–water partition coefficient (Wildman–Crippen LogP) is 2.67. The molecule has 0 amide bonds. The van der Waals surface area contributed by atoms with Crippen LogP contribution in [0.1, 0.15) is 25.5 Å². The molecule has 14 heavy (non-hydrogen) atoms. The molecule has 1 heterocycles. The summed E-state index contributed by atoms with van der Waals surface area (Å²) in [5.41, 5.74) is 0.607. The molecule has 4 heteroatoms. The second-order valence-corrected chi connectivity index (χ2v) is 4.38. The molecule has 0 aliphatic rings. The van der Waals surface area contributed by atoms with Gasteiger partial charge in [-0.2, -0.15) is 0 Å². The van der Waals surface area contributed by atoms with E-state index >= 15 is 0 Å². The fraction of sp³-hybridized carbons (Fsp3) is 0.400. The third-order valence-electron chi connectivity index (χ3n) is 2.00. The number of carboxylic acid groups (broad SMARTS) is 1. The summed E-state index contributed by atoms with van der Waals surface area (Å²) in [6.07, 6.45) is 1.62. The monoisotopic (exact) mass is 257 g/mol. The average molecular weight is 258 g/mol. The molecule has 0 saturated carbocycles. The van der Waals surface area contributed by atoms with E-state index in [4.69, 9.17) is 5.11 Å². The van der Waals surface area contributed by atoms with Gasteiger partial charge in [0, 0.05) is 10.7 Å². The number of aromatic nitrogens is 1. The quantitative estimate of drug-likeness (QED) is 0.906. The van der Waals surface area contributed by atoms with E-state index in [-0.39, 0.29) is 5.92 Å². The lowest BCUT2D eigenvalue weighted by atomic mass is 9.92. The van der Waals surface area contributed by atoms with Crippen LogP contribution in [0.25, 0.3) is 0 Å². The molecule has 0 saturated heterocycles. The zero-order valence-corrected chi connectivity index (χ0v) is 9.65. The second kappa shape index (κ2) is 4.55.